The number of piperazine rings is 1. The maximum Gasteiger partial charge on any atom is 0.159 e. The third-order valence-electron chi connectivity index (χ3n) is 5.15. The zero-order valence-electron chi connectivity index (χ0n) is 16.4. The lowest BCUT2D eigenvalue weighted by Crippen LogP contribution is -2.47. The number of anilines is 1. The van der Waals surface area contributed by atoms with Gasteiger partial charge < -0.3 is 4.90 Å². The van der Waals surface area contributed by atoms with E-state index in [9.17, 15) is 4.79 Å². The highest BCUT2D eigenvalue weighted by atomic mass is 16.1. The summed E-state index contributed by atoms with van der Waals surface area (Å²) in [5, 5.41) is 4.60. The van der Waals surface area contributed by atoms with Crippen LogP contribution >= 0.6 is 0 Å². The molecule has 0 N–H and O–H groups in total. The Morgan fingerprint density at radius 1 is 0.964 bits per heavy atom. The average Bonchev–Trinajstić information content (AvgIpc) is 3.09. The van der Waals surface area contributed by atoms with Gasteiger partial charge in [-0.3, -0.25) is 9.69 Å². The molecule has 0 unspecified atom stereocenters. The van der Waals surface area contributed by atoms with Crippen LogP contribution in [-0.4, -0.2) is 51.6 Å². The van der Waals surface area contributed by atoms with Gasteiger partial charge in [0, 0.05) is 43.0 Å². The fraction of sp³-hybridized carbons (Fsp3) is 0.318. The number of ketones is 1. The number of Topliss-reactive ketones (excluding diaryl/α,β-unsaturated/α-hetero) is 1. The molecule has 2 heterocycles. The zero-order valence-corrected chi connectivity index (χ0v) is 16.4. The van der Waals surface area contributed by atoms with Crippen LogP contribution in [0.3, 0.4) is 0 Å². The van der Waals surface area contributed by atoms with Crippen molar-refractivity contribution in [3.63, 3.8) is 0 Å². The van der Waals surface area contributed by atoms with Crippen molar-refractivity contribution in [3.8, 4) is 11.4 Å². The number of rotatable bonds is 5. The Kier molecular flexibility index (Phi) is 5.21. The quantitative estimate of drug-likeness (QED) is 0.641. The van der Waals surface area contributed by atoms with Gasteiger partial charge >= 0.3 is 0 Å². The van der Waals surface area contributed by atoms with Crippen molar-refractivity contribution in [3.05, 3.63) is 66.0 Å². The fourth-order valence-electron chi connectivity index (χ4n) is 3.60. The maximum absolute atomic E-state index is 11.4. The van der Waals surface area contributed by atoms with E-state index in [1.165, 1.54) is 5.69 Å². The molecular formula is C22H25N5O. The van der Waals surface area contributed by atoms with Crippen molar-refractivity contribution in [2.24, 2.45) is 0 Å². The van der Waals surface area contributed by atoms with Gasteiger partial charge in [-0.2, -0.15) is 5.10 Å². The molecule has 1 aliphatic heterocycles. The molecule has 4 rings (SSSR count). The van der Waals surface area contributed by atoms with Crippen LogP contribution in [0.5, 0.6) is 0 Å². The van der Waals surface area contributed by atoms with E-state index in [0.29, 0.717) is 0 Å². The Morgan fingerprint density at radius 2 is 1.64 bits per heavy atom. The lowest BCUT2D eigenvalue weighted by molar-refractivity contribution is 0.101. The van der Waals surface area contributed by atoms with Gasteiger partial charge in [0.1, 0.15) is 5.82 Å². The zero-order chi connectivity index (χ0) is 19.5. The Morgan fingerprint density at radius 3 is 2.29 bits per heavy atom. The first-order chi connectivity index (χ1) is 13.6. The molecule has 144 valence electrons. The molecule has 0 spiro atoms. The fourth-order valence-corrected chi connectivity index (χ4v) is 3.60. The van der Waals surface area contributed by atoms with Crippen LogP contribution in [0.1, 0.15) is 23.1 Å². The molecule has 1 fully saturated rings. The topological polar surface area (TPSA) is 54.3 Å². The summed E-state index contributed by atoms with van der Waals surface area (Å²) in [4.78, 5) is 20.8. The lowest BCUT2D eigenvalue weighted by Gasteiger charge is -2.36. The summed E-state index contributed by atoms with van der Waals surface area (Å²) in [7, 11) is 0. The van der Waals surface area contributed by atoms with Crippen LogP contribution in [0.4, 0.5) is 5.69 Å². The molecule has 0 saturated carbocycles. The molecule has 1 saturated heterocycles. The van der Waals surface area contributed by atoms with Crippen LogP contribution in [0.25, 0.3) is 11.4 Å². The highest BCUT2D eigenvalue weighted by molar-refractivity contribution is 5.94. The summed E-state index contributed by atoms with van der Waals surface area (Å²) in [6.07, 6.45) is 0. The van der Waals surface area contributed by atoms with Crippen molar-refractivity contribution in [1.82, 2.24) is 19.7 Å². The second-order valence-electron chi connectivity index (χ2n) is 7.20. The summed E-state index contributed by atoms with van der Waals surface area (Å²) >= 11 is 0. The van der Waals surface area contributed by atoms with E-state index in [1.807, 2.05) is 54.1 Å². The average molecular weight is 375 g/mol. The molecule has 0 bridgehead atoms. The third-order valence-corrected chi connectivity index (χ3v) is 5.15. The van der Waals surface area contributed by atoms with Crippen molar-refractivity contribution in [2.45, 2.75) is 20.5 Å². The third kappa shape index (κ3) is 3.97. The second-order valence-corrected chi connectivity index (χ2v) is 7.20. The van der Waals surface area contributed by atoms with Gasteiger partial charge in [0.2, 0.25) is 0 Å². The van der Waals surface area contributed by atoms with Crippen LogP contribution in [-0.2, 0) is 6.67 Å². The lowest BCUT2D eigenvalue weighted by atomic mass is 10.1. The largest absolute Gasteiger partial charge is 0.369 e. The number of aryl methyl sites for hydroxylation is 1. The minimum atomic E-state index is 0.105. The van der Waals surface area contributed by atoms with Gasteiger partial charge in [-0.25, -0.2) is 9.67 Å². The smallest absolute Gasteiger partial charge is 0.159 e. The van der Waals surface area contributed by atoms with E-state index in [1.54, 1.807) is 6.92 Å². The summed E-state index contributed by atoms with van der Waals surface area (Å²) in [6, 6.07) is 18.1. The molecule has 0 amide bonds. The number of aromatic nitrogens is 3. The molecule has 1 aliphatic rings. The van der Waals surface area contributed by atoms with Crippen molar-refractivity contribution in [2.75, 3.05) is 31.1 Å². The van der Waals surface area contributed by atoms with E-state index in [-0.39, 0.29) is 5.78 Å². The van der Waals surface area contributed by atoms with E-state index in [4.69, 9.17) is 0 Å². The maximum atomic E-state index is 11.4. The summed E-state index contributed by atoms with van der Waals surface area (Å²) in [5.41, 5.74) is 3.02. The molecular weight excluding hydrogens is 350 g/mol. The molecule has 1 aromatic heterocycles. The number of carbonyl (C=O) groups is 1. The number of hydrogen-bond acceptors (Lipinski definition) is 5. The van der Waals surface area contributed by atoms with Gasteiger partial charge in [-0.1, -0.05) is 30.3 Å². The number of benzene rings is 2. The highest BCUT2D eigenvalue weighted by Gasteiger charge is 2.19. The van der Waals surface area contributed by atoms with Gasteiger partial charge in [0.25, 0.3) is 0 Å². The van der Waals surface area contributed by atoms with Crippen LogP contribution < -0.4 is 4.90 Å². The van der Waals surface area contributed by atoms with Crippen molar-refractivity contribution in [1.29, 1.82) is 0 Å². The predicted molar refractivity (Wildman–Crippen MR) is 110 cm³/mol. The Hall–Kier alpha value is -2.99. The molecule has 2 aromatic carbocycles. The first kappa shape index (κ1) is 18.4. The van der Waals surface area contributed by atoms with E-state index in [2.05, 4.69) is 32.0 Å². The van der Waals surface area contributed by atoms with Crippen LogP contribution in [0.15, 0.2) is 54.6 Å². The number of nitrogens with zero attached hydrogens (tertiary/aromatic N) is 5. The normalized spacial score (nSPS) is 15.0. The first-order valence-corrected chi connectivity index (χ1v) is 9.65. The molecule has 28 heavy (non-hydrogen) atoms. The van der Waals surface area contributed by atoms with Crippen molar-refractivity contribution >= 4 is 11.5 Å². The van der Waals surface area contributed by atoms with Crippen LogP contribution in [0, 0.1) is 6.92 Å². The summed E-state index contributed by atoms with van der Waals surface area (Å²) < 4.78 is 2.00. The van der Waals surface area contributed by atoms with E-state index < -0.39 is 0 Å². The van der Waals surface area contributed by atoms with Crippen molar-refractivity contribution < 1.29 is 4.79 Å². The Balaban J connectivity index is 1.41. The first-order valence-electron chi connectivity index (χ1n) is 9.65. The SMILES string of the molecule is CC(=O)c1ccc(N2CCN(Cn3nc(C)nc3-c3ccccc3)CC2)cc1. The Bertz CT molecular complexity index is 941. The van der Waals surface area contributed by atoms with Gasteiger partial charge in [-0.05, 0) is 38.1 Å². The minimum Gasteiger partial charge on any atom is -0.369 e. The number of hydrogen-bond donors (Lipinski definition) is 0. The van der Waals surface area contributed by atoms with E-state index >= 15 is 0 Å². The monoisotopic (exact) mass is 375 g/mol. The summed E-state index contributed by atoms with van der Waals surface area (Å²) in [5.74, 6) is 1.82. The standard InChI is InChI=1S/C22H25N5O/c1-17(28)19-8-10-21(11-9-19)26-14-12-25(13-15-26)16-27-22(23-18(2)24-27)20-6-4-3-5-7-20/h3-11H,12-16H2,1-2H3. The molecule has 0 aliphatic carbocycles. The van der Waals surface area contributed by atoms with Crippen LogP contribution in [0.2, 0.25) is 0 Å². The molecule has 6 nitrogen and oxygen atoms in total. The second kappa shape index (κ2) is 7.94. The molecule has 3 aromatic rings. The van der Waals surface area contributed by atoms with Gasteiger partial charge in [0.05, 0.1) is 6.67 Å². The van der Waals surface area contributed by atoms with E-state index in [0.717, 1.165) is 55.6 Å². The molecule has 0 atom stereocenters. The molecule has 6 heteroatoms. The predicted octanol–water partition coefficient (Wildman–Crippen LogP) is 3.24. The van der Waals surface area contributed by atoms with Gasteiger partial charge in [-0.15, -0.1) is 0 Å². The minimum absolute atomic E-state index is 0.105. The molecule has 0 radical (unpaired) electrons. The summed E-state index contributed by atoms with van der Waals surface area (Å²) in [6.45, 7) is 8.10. The Labute approximate surface area is 165 Å². The number of carbonyl (C=O) groups excluding carboxylic acids is 1. The van der Waals surface area contributed by atoms with Gasteiger partial charge in [0.15, 0.2) is 11.6 Å². The highest BCUT2D eigenvalue weighted by Crippen LogP contribution is 2.20.